The third-order valence-corrected chi connectivity index (χ3v) is 6.40. The first kappa shape index (κ1) is 26.9. The van der Waals surface area contributed by atoms with Gasteiger partial charge in [-0.25, -0.2) is 0 Å². The molecule has 0 bridgehead atoms. The molecule has 3 amide bonds. The minimum atomic E-state index is -0.570. The molecule has 0 saturated heterocycles. The van der Waals surface area contributed by atoms with E-state index < -0.39 is 10.8 Å². The number of benzene rings is 1. The molecule has 3 N–H and O–H groups in total. The summed E-state index contributed by atoms with van der Waals surface area (Å²) in [4.78, 5) is 38.1. The van der Waals surface area contributed by atoms with Crippen LogP contribution in [-0.2, 0) is 14.4 Å². The zero-order chi connectivity index (χ0) is 25.2. The number of carbonyl (C=O) groups excluding carboxylic acids is 3. The van der Waals surface area contributed by atoms with Crippen LogP contribution in [0.5, 0.6) is 0 Å². The predicted molar refractivity (Wildman–Crippen MR) is 136 cm³/mol. The molecular formula is C27H43N3O3. The van der Waals surface area contributed by atoms with Crippen molar-refractivity contribution in [2.75, 3.05) is 16.0 Å². The lowest BCUT2D eigenvalue weighted by Gasteiger charge is -2.36. The molecule has 0 radical (unpaired) electrons. The fourth-order valence-electron chi connectivity index (χ4n) is 3.95. The van der Waals surface area contributed by atoms with E-state index in [1.165, 1.54) is 0 Å². The summed E-state index contributed by atoms with van der Waals surface area (Å²) in [5.41, 5.74) is 0.761. The molecule has 1 aromatic carbocycles. The molecule has 0 atom stereocenters. The highest BCUT2D eigenvalue weighted by Gasteiger charge is 2.32. The van der Waals surface area contributed by atoms with Gasteiger partial charge in [0.15, 0.2) is 0 Å². The van der Waals surface area contributed by atoms with E-state index in [0.717, 1.165) is 25.7 Å². The quantitative estimate of drug-likeness (QED) is 0.486. The number of anilines is 3. The summed E-state index contributed by atoms with van der Waals surface area (Å²) >= 11 is 0. The van der Waals surface area contributed by atoms with Crippen LogP contribution in [0, 0.1) is 28.1 Å². The Kier molecular flexibility index (Phi) is 8.03. The van der Waals surface area contributed by atoms with Gasteiger partial charge >= 0.3 is 0 Å². The molecule has 0 unspecified atom stereocenters. The molecule has 1 aliphatic rings. The molecular weight excluding hydrogens is 414 g/mol. The van der Waals surface area contributed by atoms with Gasteiger partial charge in [0.25, 0.3) is 0 Å². The van der Waals surface area contributed by atoms with Crippen LogP contribution in [0.15, 0.2) is 18.2 Å². The SMILES string of the molecule is CC(C)(C)C(=O)Nc1cc(NC(=O)C(C)(C)C)cc(NC(=O)[C@H]2CC[C@H](C(C)(C)C)CC2)c1. The van der Waals surface area contributed by atoms with E-state index in [-0.39, 0.29) is 29.1 Å². The second-order valence-electron chi connectivity index (χ2n) is 12.6. The summed E-state index contributed by atoms with van der Waals surface area (Å²) in [7, 11) is 0. The molecule has 184 valence electrons. The highest BCUT2D eigenvalue weighted by molar-refractivity contribution is 6.00. The minimum absolute atomic E-state index is 0.00486. The van der Waals surface area contributed by atoms with Crippen molar-refractivity contribution in [1.82, 2.24) is 0 Å². The Balaban J connectivity index is 2.21. The van der Waals surface area contributed by atoms with Crippen LogP contribution in [-0.4, -0.2) is 17.7 Å². The molecule has 1 fully saturated rings. The van der Waals surface area contributed by atoms with Crippen LogP contribution in [0.4, 0.5) is 17.1 Å². The summed E-state index contributed by atoms with van der Waals surface area (Å²) in [6.45, 7) is 17.8. The largest absolute Gasteiger partial charge is 0.326 e. The van der Waals surface area contributed by atoms with E-state index in [1.807, 2.05) is 41.5 Å². The van der Waals surface area contributed by atoms with Gasteiger partial charge in [-0.2, -0.15) is 0 Å². The standard InChI is InChI=1S/C27H43N3O3/c1-25(2,3)18-12-10-17(11-13-18)22(31)28-19-14-20(29-23(32)26(4,5)6)16-21(15-19)30-24(33)27(7,8)9/h14-18H,10-13H2,1-9H3,(H,28,31)(H,29,32)(H,30,33)/t17-,18-. The molecule has 2 rings (SSSR count). The molecule has 6 nitrogen and oxygen atoms in total. The highest BCUT2D eigenvalue weighted by atomic mass is 16.2. The third-order valence-electron chi connectivity index (χ3n) is 6.40. The van der Waals surface area contributed by atoms with Gasteiger partial charge in [0.2, 0.25) is 17.7 Å². The average molecular weight is 458 g/mol. The maximum absolute atomic E-state index is 13.0. The molecule has 0 aromatic heterocycles. The number of nitrogens with one attached hydrogen (secondary N) is 3. The topological polar surface area (TPSA) is 87.3 Å². The third kappa shape index (κ3) is 7.86. The zero-order valence-electron chi connectivity index (χ0n) is 21.9. The molecule has 6 heteroatoms. The Labute approximate surface area is 199 Å². The Hall–Kier alpha value is -2.37. The van der Waals surface area contributed by atoms with Gasteiger partial charge in [-0.3, -0.25) is 14.4 Å². The smallest absolute Gasteiger partial charge is 0.229 e. The lowest BCUT2D eigenvalue weighted by atomic mass is 9.69. The summed E-state index contributed by atoms with van der Waals surface area (Å²) in [6.07, 6.45) is 3.86. The highest BCUT2D eigenvalue weighted by Crippen LogP contribution is 2.40. The van der Waals surface area contributed by atoms with Crippen molar-refractivity contribution < 1.29 is 14.4 Å². The fraction of sp³-hybridized carbons (Fsp3) is 0.667. The molecule has 1 aromatic rings. The average Bonchev–Trinajstić information content (AvgIpc) is 2.65. The molecule has 0 spiro atoms. The van der Waals surface area contributed by atoms with Crippen molar-refractivity contribution in [1.29, 1.82) is 0 Å². The second kappa shape index (κ2) is 9.86. The maximum Gasteiger partial charge on any atom is 0.229 e. The summed E-state index contributed by atoms with van der Waals surface area (Å²) < 4.78 is 0. The zero-order valence-corrected chi connectivity index (χ0v) is 21.9. The summed E-state index contributed by atoms with van der Waals surface area (Å²) in [5, 5.41) is 8.85. The van der Waals surface area contributed by atoms with Gasteiger partial charge in [0, 0.05) is 33.8 Å². The van der Waals surface area contributed by atoms with E-state index in [0.29, 0.717) is 23.0 Å². The van der Waals surface area contributed by atoms with Crippen molar-refractivity contribution >= 4 is 34.8 Å². The summed E-state index contributed by atoms with van der Waals surface area (Å²) in [5.74, 6) is 0.328. The Morgan fingerprint density at radius 2 is 1.00 bits per heavy atom. The number of rotatable bonds is 4. The monoisotopic (exact) mass is 457 g/mol. The van der Waals surface area contributed by atoms with Crippen molar-refractivity contribution in [3.63, 3.8) is 0 Å². The van der Waals surface area contributed by atoms with Crippen molar-refractivity contribution in [2.24, 2.45) is 28.1 Å². The molecule has 0 heterocycles. The first-order chi connectivity index (χ1) is 15.0. The van der Waals surface area contributed by atoms with Crippen molar-refractivity contribution in [3.8, 4) is 0 Å². The van der Waals surface area contributed by atoms with Gasteiger partial charge in [0.05, 0.1) is 0 Å². The van der Waals surface area contributed by atoms with Gasteiger partial charge in [-0.15, -0.1) is 0 Å². The first-order valence-electron chi connectivity index (χ1n) is 12.1. The second-order valence-corrected chi connectivity index (χ2v) is 12.6. The van der Waals surface area contributed by atoms with Crippen molar-refractivity contribution in [2.45, 2.75) is 88.0 Å². The lowest BCUT2D eigenvalue weighted by Crippen LogP contribution is -2.31. The minimum Gasteiger partial charge on any atom is -0.326 e. The van der Waals surface area contributed by atoms with Crippen molar-refractivity contribution in [3.05, 3.63) is 18.2 Å². The molecule has 1 saturated carbocycles. The normalized spacial score (nSPS) is 19.5. The molecule has 0 aliphatic heterocycles. The number of hydrogen-bond acceptors (Lipinski definition) is 3. The molecule has 1 aliphatic carbocycles. The number of amides is 3. The van der Waals surface area contributed by atoms with E-state index in [1.54, 1.807) is 18.2 Å². The van der Waals surface area contributed by atoms with Crippen LogP contribution < -0.4 is 16.0 Å². The number of hydrogen-bond donors (Lipinski definition) is 3. The van der Waals surface area contributed by atoms with E-state index in [4.69, 9.17) is 0 Å². The van der Waals surface area contributed by atoms with Crippen LogP contribution >= 0.6 is 0 Å². The summed E-state index contributed by atoms with van der Waals surface area (Å²) in [6, 6.07) is 5.21. The maximum atomic E-state index is 13.0. The number of carbonyl (C=O) groups is 3. The van der Waals surface area contributed by atoms with Gasteiger partial charge in [0.1, 0.15) is 0 Å². The van der Waals surface area contributed by atoms with Crippen LogP contribution in [0.3, 0.4) is 0 Å². The Morgan fingerprint density at radius 1 is 0.636 bits per heavy atom. The van der Waals surface area contributed by atoms with Gasteiger partial charge < -0.3 is 16.0 Å². The van der Waals surface area contributed by atoms with Gasteiger partial charge in [-0.05, 0) is 55.2 Å². The van der Waals surface area contributed by atoms with Crippen LogP contribution in [0.1, 0.15) is 88.0 Å². The van der Waals surface area contributed by atoms with Gasteiger partial charge in [-0.1, -0.05) is 62.3 Å². The Morgan fingerprint density at radius 3 is 1.33 bits per heavy atom. The van der Waals surface area contributed by atoms with Crippen LogP contribution in [0.25, 0.3) is 0 Å². The first-order valence-corrected chi connectivity index (χ1v) is 12.1. The molecule has 33 heavy (non-hydrogen) atoms. The Bertz CT molecular complexity index is 831. The van der Waals surface area contributed by atoms with Crippen LogP contribution in [0.2, 0.25) is 0 Å². The predicted octanol–water partition coefficient (Wildman–Crippen LogP) is 6.45. The lowest BCUT2D eigenvalue weighted by molar-refractivity contribution is -0.123. The van der Waals surface area contributed by atoms with E-state index >= 15 is 0 Å². The van der Waals surface area contributed by atoms with E-state index in [2.05, 4.69) is 36.7 Å². The van der Waals surface area contributed by atoms with E-state index in [9.17, 15) is 14.4 Å². The fourth-order valence-corrected chi connectivity index (χ4v) is 3.95.